The number of amides is 1. The van der Waals surface area contributed by atoms with Crippen LogP contribution in [-0.4, -0.2) is 20.7 Å². The quantitative estimate of drug-likeness (QED) is 0.809. The van der Waals surface area contributed by atoms with Gasteiger partial charge in [-0.2, -0.15) is 5.10 Å². The third-order valence-electron chi connectivity index (χ3n) is 3.63. The summed E-state index contributed by atoms with van der Waals surface area (Å²) in [4.78, 5) is 16.6. The highest BCUT2D eigenvalue weighted by Crippen LogP contribution is 2.23. The molecule has 1 aromatic carbocycles. The number of carbonyl (C=O) groups excluding carboxylic acids is 1. The molecule has 1 unspecified atom stereocenters. The number of nitrogens with zero attached hydrogens (tertiary/aromatic N) is 3. The molecular weight excluding hydrogens is 254 g/mol. The first-order valence-electron chi connectivity index (χ1n) is 6.70. The van der Waals surface area contributed by atoms with Gasteiger partial charge in [0.2, 0.25) is 0 Å². The van der Waals surface area contributed by atoms with E-state index in [1.807, 2.05) is 17.7 Å². The molecule has 0 bridgehead atoms. The molecule has 6 nitrogen and oxygen atoms in total. The fourth-order valence-corrected chi connectivity index (χ4v) is 2.55. The Balaban J connectivity index is 1.82. The molecule has 1 atom stereocenters. The Labute approximate surface area is 117 Å². The molecule has 0 saturated heterocycles. The lowest BCUT2D eigenvalue weighted by Gasteiger charge is -2.23. The molecule has 104 valence electrons. The van der Waals surface area contributed by atoms with Crippen molar-refractivity contribution in [2.75, 3.05) is 5.73 Å². The summed E-state index contributed by atoms with van der Waals surface area (Å²) in [5.74, 6) is 0.711. The van der Waals surface area contributed by atoms with Gasteiger partial charge in [-0.1, -0.05) is 6.07 Å². The summed E-state index contributed by atoms with van der Waals surface area (Å²) in [5.41, 5.74) is 7.87. The maximum Gasteiger partial charge on any atom is 0.252 e. The van der Waals surface area contributed by atoms with Gasteiger partial charge in [0.15, 0.2) is 0 Å². The summed E-state index contributed by atoms with van der Waals surface area (Å²) >= 11 is 0. The van der Waals surface area contributed by atoms with E-state index in [-0.39, 0.29) is 11.9 Å². The van der Waals surface area contributed by atoms with Gasteiger partial charge in [0, 0.05) is 17.8 Å². The molecule has 1 amide bonds. The molecule has 0 saturated carbocycles. The van der Waals surface area contributed by atoms with Gasteiger partial charge in [-0.05, 0) is 37.5 Å². The molecule has 3 N–H and O–H groups in total. The standard InChI is InChI=1S/C14H17N5O/c1-9-4-5-10(15)7-11(9)14(20)18-12-3-2-6-19-13(12)16-8-17-19/h4-5,7-8,12H,2-3,6,15H2,1H3,(H,18,20). The fraction of sp³-hybridized carbons (Fsp3) is 0.357. The average molecular weight is 271 g/mol. The fourth-order valence-electron chi connectivity index (χ4n) is 2.55. The van der Waals surface area contributed by atoms with E-state index in [2.05, 4.69) is 15.4 Å². The topological polar surface area (TPSA) is 85.8 Å². The Morgan fingerprint density at radius 2 is 2.35 bits per heavy atom. The Hall–Kier alpha value is -2.37. The van der Waals surface area contributed by atoms with Crippen LogP contribution in [-0.2, 0) is 6.54 Å². The van der Waals surface area contributed by atoms with Crippen LogP contribution in [0.1, 0.15) is 40.6 Å². The van der Waals surface area contributed by atoms with Crippen LogP contribution >= 0.6 is 0 Å². The number of rotatable bonds is 2. The minimum Gasteiger partial charge on any atom is -0.399 e. The van der Waals surface area contributed by atoms with E-state index in [0.717, 1.165) is 30.8 Å². The van der Waals surface area contributed by atoms with E-state index in [9.17, 15) is 4.79 Å². The molecule has 6 heteroatoms. The van der Waals surface area contributed by atoms with Gasteiger partial charge in [-0.25, -0.2) is 9.67 Å². The molecule has 0 fully saturated rings. The van der Waals surface area contributed by atoms with Crippen LogP contribution in [0.15, 0.2) is 24.5 Å². The lowest BCUT2D eigenvalue weighted by atomic mass is 10.0. The van der Waals surface area contributed by atoms with Crippen LogP contribution < -0.4 is 11.1 Å². The van der Waals surface area contributed by atoms with Crippen molar-refractivity contribution in [3.63, 3.8) is 0 Å². The minimum atomic E-state index is -0.115. The predicted molar refractivity (Wildman–Crippen MR) is 75.1 cm³/mol. The van der Waals surface area contributed by atoms with Crippen molar-refractivity contribution >= 4 is 11.6 Å². The van der Waals surface area contributed by atoms with Gasteiger partial charge < -0.3 is 11.1 Å². The molecule has 0 spiro atoms. The molecular formula is C14H17N5O. The second-order valence-electron chi connectivity index (χ2n) is 5.08. The van der Waals surface area contributed by atoms with E-state index in [1.54, 1.807) is 12.1 Å². The molecule has 2 heterocycles. The SMILES string of the molecule is Cc1ccc(N)cc1C(=O)NC1CCCn2ncnc21. The third kappa shape index (κ3) is 2.24. The highest BCUT2D eigenvalue weighted by molar-refractivity contribution is 5.96. The first-order chi connectivity index (χ1) is 9.65. The zero-order valence-corrected chi connectivity index (χ0v) is 11.3. The molecule has 1 aliphatic rings. The van der Waals surface area contributed by atoms with E-state index in [1.165, 1.54) is 6.33 Å². The Kier molecular flexibility index (Phi) is 3.14. The molecule has 3 rings (SSSR count). The minimum absolute atomic E-state index is 0.0837. The number of nitrogen functional groups attached to an aromatic ring is 1. The maximum absolute atomic E-state index is 12.4. The average Bonchev–Trinajstić information content (AvgIpc) is 2.91. The molecule has 0 aliphatic carbocycles. The van der Waals surface area contributed by atoms with Gasteiger partial charge in [0.25, 0.3) is 5.91 Å². The molecule has 2 aromatic rings. The number of benzene rings is 1. The maximum atomic E-state index is 12.4. The summed E-state index contributed by atoms with van der Waals surface area (Å²) < 4.78 is 1.85. The summed E-state index contributed by atoms with van der Waals surface area (Å²) in [5, 5.41) is 7.18. The zero-order valence-electron chi connectivity index (χ0n) is 11.3. The lowest BCUT2D eigenvalue weighted by molar-refractivity contribution is 0.0926. The van der Waals surface area contributed by atoms with Gasteiger partial charge in [0.05, 0.1) is 6.04 Å². The van der Waals surface area contributed by atoms with Crippen LogP contribution in [0.5, 0.6) is 0 Å². The van der Waals surface area contributed by atoms with Crippen LogP contribution in [0.25, 0.3) is 0 Å². The molecule has 20 heavy (non-hydrogen) atoms. The third-order valence-corrected chi connectivity index (χ3v) is 3.63. The summed E-state index contributed by atoms with van der Waals surface area (Å²) in [6.07, 6.45) is 3.40. The predicted octanol–water partition coefficient (Wildman–Crippen LogP) is 1.43. The number of nitrogens with one attached hydrogen (secondary N) is 1. The Bertz CT molecular complexity index is 649. The van der Waals surface area contributed by atoms with Crippen LogP contribution in [0.4, 0.5) is 5.69 Å². The first kappa shape index (κ1) is 12.7. The number of anilines is 1. The van der Waals surface area contributed by atoms with Crippen molar-refractivity contribution < 1.29 is 4.79 Å². The van der Waals surface area contributed by atoms with Crippen molar-refractivity contribution in [3.8, 4) is 0 Å². The number of carbonyl (C=O) groups is 1. The molecule has 0 radical (unpaired) electrons. The largest absolute Gasteiger partial charge is 0.399 e. The summed E-state index contributed by atoms with van der Waals surface area (Å²) in [6.45, 7) is 2.76. The van der Waals surface area contributed by atoms with Gasteiger partial charge in [0.1, 0.15) is 12.2 Å². The lowest BCUT2D eigenvalue weighted by Crippen LogP contribution is -2.33. The van der Waals surface area contributed by atoms with Crippen molar-refractivity contribution in [3.05, 3.63) is 41.5 Å². The summed E-state index contributed by atoms with van der Waals surface area (Å²) in [6, 6.07) is 5.27. The number of fused-ring (bicyclic) bond motifs is 1. The van der Waals surface area contributed by atoms with E-state index in [0.29, 0.717) is 11.3 Å². The Morgan fingerprint density at radius 1 is 1.50 bits per heavy atom. The number of nitrogens with two attached hydrogens (primary N) is 1. The number of hydrogen-bond acceptors (Lipinski definition) is 4. The number of aromatic nitrogens is 3. The van der Waals surface area contributed by atoms with Crippen molar-refractivity contribution in [2.45, 2.75) is 32.4 Å². The highest BCUT2D eigenvalue weighted by atomic mass is 16.1. The second-order valence-corrected chi connectivity index (χ2v) is 5.08. The van der Waals surface area contributed by atoms with E-state index < -0.39 is 0 Å². The first-order valence-corrected chi connectivity index (χ1v) is 6.70. The van der Waals surface area contributed by atoms with Crippen LogP contribution in [0, 0.1) is 6.92 Å². The zero-order chi connectivity index (χ0) is 14.1. The number of hydrogen-bond donors (Lipinski definition) is 2. The normalized spacial score (nSPS) is 17.6. The van der Waals surface area contributed by atoms with Crippen molar-refractivity contribution in [2.24, 2.45) is 0 Å². The summed E-state index contributed by atoms with van der Waals surface area (Å²) in [7, 11) is 0. The van der Waals surface area contributed by atoms with Crippen LogP contribution in [0.3, 0.4) is 0 Å². The van der Waals surface area contributed by atoms with E-state index >= 15 is 0 Å². The van der Waals surface area contributed by atoms with Crippen molar-refractivity contribution in [1.82, 2.24) is 20.1 Å². The highest BCUT2D eigenvalue weighted by Gasteiger charge is 2.24. The Morgan fingerprint density at radius 3 is 3.20 bits per heavy atom. The molecule has 1 aliphatic heterocycles. The van der Waals surface area contributed by atoms with Gasteiger partial charge in [-0.3, -0.25) is 4.79 Å². The van der Waals surface area contributed by atoms with Gasteiger partial charge in [-0.15, -0.1) is 0 Å². The monoisotopic (exact) mass is 271 g/mol. The molecule has 1 aromatic heterocycles. The van der Waals surface area contributed by atoms with E-state index in [4.69, 9.17) is 5.73 Å². The van der Waals surface area contributed by atoms with Gasteiger partial charge >= 0.3 is 0 Å². The second kappa shape index (κ2) is 4.96. The van der Waals surface area contributed by atoms with Crippen LogP contribution in [0.2, 0.25) is 0 Å². The smallest absolute Gasteiger partial charge is 0.252 e. The number of aryl methyl sites for hydroxylation is 2. The van der Waals surface area contributed by atoms with Crippen molar-refractivity contribution in [1.29, 1.82) is 0 Å².